The van der Waals surface area contributed by atoms with Crippen molar-refractivity contribution in [1.82, 2.24) is 4.98 Å². The number of rotatable bonds is 7. The summed E-state index contributed by atoms with van der Waals surface area (Å²) in [7, 11) is 0. The van der Waals surface area contributed by atoms with Crippen LogP contribution < -0.4 is 0 Å². The van der Waals surface area contributed by atoms with Gasteiger partial charge in [-0.2, -0.15) is 0 Å². The molecule has 1 heterocycles. The van der Waals surface area contributed by atoms with Crippen molar-refractivity contribution in [3.8, 4) is 0 Å². The molecule has 36 heavy (non-hydrogen) atoms. The number of ether oxygens (including phenoxy) is 1. The Balaban J connectivity index is 1.51. The summed E-state index contributed by atoms with van der Waals surface area (Å²) in [5.41, 5.74) is 3.61. The summed E-state index contributed by atoms with van der Waals surface area (Å²) in [4.78, 5) is 43.5. The minimum Gasteiger partial charge on any atom is -0.445 e. The lowest BCUT2D eigenvalue weighted by Crippen LogP contribution is -2.21. The average molecular weight is 474 g/mol. The first-order valence-corrected chi connectivity index (χ1v) is 11.6. The van der Waals surface area contributed by atoms with Crippen molar-refractivity contribution >= 4 is 28.4 Å². The molecule has 1 N–H and O–H groups in total. The molecule has 0 radical (unpaired) electrons. The van der Waals surface area contributed by atoms with Crippen LogP contribution in [0.4, 0.5) is 0 Å². The summed E-state index contributed by atoms with van der Waals surface area (Å²) in [5, 5.41) is 0.745. The number of hydrogen-bond donors (Lipinski definition) is 1. The van der Waals surface area contributed by atoms with E-state index in [0.29, 0.717) is 16.7 Å². The van der Waals surface area contributed by atoms with Gasteiger partial charge in [0, 0.05) is 39.4 Å². The van der Waals surface area contributed by atoms with Crippen LogP contribution >= 0.6 is 0 Å². The number of benzene rings is 4. The van der Waals surface area contributed by atoms with Gasteiger partial charge in [0.15, 0.2) is 11.9 Å². The molecule has 176 valence electrons. The molecular formula is C31H23NO4. The second kappa shape index (κ2) is 9.84. The van der Waals surface area contributed by atoms with E-state index in [4.69, 9.17) is 4.74 Å². The van der Waals surface area contributed by atoms with Crippen LogP contribution in [-0.4, -0.2) is 22.5 Å². The van der Waals surface area contributed by atoms with Crippen molar-refractivity contribution in [3.63, 3.8) is 0 Å². The summed E-state index contributed by atoms with van der Waals surface area (Å²) in [6.07, 6.45) is 0.450. The molecule has 0 saturated carbocycles. The Hall–Kier alpha value is -4.77. The van der Waals surface area contributed by atoms with Gasteiger partial charge in [-0.15, -0.1) is 0 Å². The number of aromatic amines is 1. The molecule has 1 aromatic heterocycles. The van der Waals surface area contributed by atoms with Crippen molar-refractivity contribution in [3.05, 3.63) is 143 Å². The quantitative estimate of drug-likeness (QED) is 0.217. The highest BCUT2D eigenvalue weighted by Crippen LogP contribution is 2.29. The Morgan fingerprint density at radius 2 is 1.33 bits per heavy atom. The molecule has 0 aliphatic carbocycles. The fourth-order valence-corrected chi connectivity index (χ4v) is 4.21. The van der Waals surface area contributed by atoms with Gasteiger partial charge in [0.2, 0.25) is 5.78 Å². The number of hydrogen-bond acceptors (Lipinski definition) is 4. The van der Waals surface area contributed by atoms with Gasteiger partial charge in [-0.25, -0.2) is 4.79 Å². The molecule has 0 saturated heterocycles. The Morgan fingerprint density at radius 3 is 2.08 bits per heavy atom. The van der Waals surface area contributed by atoms with Crippen molar-refractivity contribution in [2.24, 2.45) is 0 Å². The molecule has 5 rings (SSSR count). The topological polar surface area (TPSA) is 76.2 Å². The predicted octanol–water partition coefficient (Wildman–Crippen LogP) is 6.49. The molecule has 1 atom stereocenters. The highest BCUT2D eigenvalue weighted by Gasteiger charge is 2.30. The van der Waals surface area contributed by atoms with Crippen molar-refractivity contribution < 1.29 is 19.1 Å². The van der Waals surface area contributed by atoms with Crippen LogP contribution in [0, 0.1) is 6.92 Å². The lowest BCUT2D eigenvalue weighted by Gasteiger charge is -2.18. The molecular weight excluding hydrogens is 450 g/mol. The van der Waals surface area contributed by atoms with E-state index in [1.54, 1.807) is 66.9 Å². The Bertz CT molecular complexity index is 1570. The van der Waals surface area contributed by atoms with Gasteiger partial charge in [0.05, 0.1) is 5.56 Å². The highest BCUT2D eigenvalue weighted by molar-refractivity contribution is 6.15. The molecule has 5 heteroatoms. The number of carbonyl (C=O) groups excluding carboxylic acids is 3. The number of carbonyl (C=O) groups is 3. The van der Waals surface area contributed by atoms with E-state index in [0.717, 1.165) is 16.5 Å². The highest BCUT2D eigenvalue weighted by atomic mass is 16.5. The molecule has 0 aliphatic rings. The maximum atomic E-state index is 13.7. The fourth-order valence-electron chi connectivity index (χ4n) is 4.21. The fraction of sp³-hybridized carbons (Fsp3) is 0.0645. The van der Waals surface area contributed by atoms with Crippen molar-refractivity contribution in [2.45, 2.75) is 13.0 Å². The first-order valence-electron chi connectivity index (χ1n) is 11.6. The predicted molar refractivity (Wildman–Crippen MR) is 138 cm³/mol. The van der Waals surface area contributed by atoms with E-state index in [2.05, 4.69) is 4.98 Å². The molecule has 1 unspecified atom stereocenters. The molecule has 5 aromatic rings. The van der Waals surface area contributed by atoms with Gasteiger partial charge in [-0.3, -0.25) is 9.59 Å². The lowest BCUT2D eigenvalue weighted by atomic mass is 9.97. The molecule has 0 spiro atoms. The Kier molecular flexibility index (Phi) is 6.29. The van der Waals surface area contributed by atoms with Gasteiger partial charge >= 0.3 is 5.97 Å². The summed E-state index contributed by atoms with van der Waals surface area (Å²) >= 11 is 0. The molecule has 0 amide bonds. The first kappa shape index (κ1) is 23.0. The van der Waals surface area contributed by atoms with Crippen LogP contribution in [0.25, 0.3) is 10.9 Å². The van der Waals surface area contributed by atoms with Crippen LogP contribution in [0.3, 0.4) is 0 Å². The SMILES string of the molecule is Cc1ccc(C(=O)c2ccccc2C(=O)OC(C(=O)c2c[nH]c3ccccc23)c2ccccc2)cc1. The number of Topliss-reactive ketones (excluding diaryl/α,β-unsaturated/α-hetero) is 1. The zero-order valence-corrected chi connectivity index (χ0v) is 19.6. The standard InChI is InChI=1S/C31H23NO4/c1-20-15-17-21(18-16-20)28(33)24-12-5-6-13-25(24)31(35)36-30(22-9-3-2-4-10-22)29(34)26-19-32-27-14-8-7-11-23(26)27/h2-19,30,32H,1H3. The monoisotopic (exact) mass is 473 g/mol. The third-order valence-corrected chi connectivity index (χ3v) is 6.13. The third-order valence-electron chi connectivity index (χ3n) is 6.13. The minimum absolute atomic E-state index is 0.107. The van der Waals surface area contributed by atoms with Gasteiger partial charge in [0.1, 0.15) is 0 Å². The maximum Gasteiger partial charge on any atom is 0.339 e. The van der Waals surface area contributed by atoms with E-state index >= 15 is 0 Å². The zero-order chi connectivity index (χ0) is 25.1. The molecule has 5 nitrogen and oxygen atoms in total. The van der Waals surface area contributed by atoms with Gasteiger partial charge in [-0.05, 0) is 19.1 Å². The second-order valence-electron chi connectivity index (χ2n) is 8.55. The van der Waals surface area contributed by atoms with E-state index in [9.17, 15) is 14.4 Å². The number of para-hydroxylation sites is 1. The van der Waals surface area contributed by atoms with E-state index in [1.807, 2.05) is 49.4 Å². The summed E-state index contributed by atoms with van der Waals surface area (Å²) in [6.45, 7) is 1.94. The summed E-state index contributed by atoms with van der Waals surface area (Å²) in [6, 6.07) is 30.0. The average Bonchev–Trinajstić information content (AvgIpc) is 3.36. The van der Waals surface area contributed by atoms with E-state index in [1.165, 1.54) is 0 Å². The smallest absolute Gasteiger partial charge is 0.339 e. The van der Waals surface area contributed by atoms with Crippen LogP contribution in [-0.2, 0) is 4.74 Å². The first-order chi connectivity index (χ1) is 17.5. The Morgan fingerprint density at radius 1 is 0.694 bits per heavy atom. The number of nitrogens with one attached hydrogen (secondary N) is 1. The maximum absolute atomic E-state index is 13.7. The second-order valence-corrected chi connectivity index (χ2v) is 8.55. The van der Waals surface area contributed by atoms with Gasteiger partial charge in [0.25, 0.3) is 0 Å². The third kappa shape index (κ3) is 4.46. The van der Waals surface area contributed by atoms with Crippen LogP contribution in [0.15, 0.2) is 109 Å². The zero-order valence-electron chi connectivity index (χ0n) is 19.6. The molecule has 0 aliphatic heterocycles. The summed E-state index contributed by atoms with van der Waals surface area (Å²) < 4.78 is 5.85. The van der Waals surface area contributed by atoms with Crippen molar-refractivity contribution in [1.29, 1.82) is 0 Å². The van der Waals surface area contributed by atoms with E-state index in [-0.39, 0.29) is 22.7 Å². The lowest BCUT2D eigenvalue weighted by molar-refractivity contribution is 0.0279. The van der Waals surface area contributed by atoms with E-state index < -0.39 is 12.1 Å². The number of H-pyrrole nitrogens is 1. The van der Waals surface area contributed by atoms with Gasteiger partial charge in [-0.1, -0.05) is 96.6 Å². The number of aromatic nitrogens is 1. The normalized spacial score (nSPS) is 11.7. The molecule has 4 aromatic carbocycles. The molecule has 0 fully saturated rings. The van der Waals surface area contributed by atoms with Crippen LogP contribution in [0.1, 0.15) is 53.9 Å². The number of esters is 1. The Labute approximate surface area is 208 Å². The summed E-state index contributed by atoms with van der Waals surface area (Å²) in [5.74, 6) is -1.38. The van der Waals surface area contributed by atoms with Gasteiger partial charge < -0.3 is 9.72 Å². The van der Waals surface area contributed by atoms with Crippen molar-refractivity contribution in [2.75, 3.05) is 0 Å². The number of aryl methyl sites for hydroxylation is 1. The minimum atomic E-state index is -1.18. The largest absolute Gasteiger partial charge is 0.445 e. The molecule has 0 bridgehead atoms. The van der Waals surface area contributed by atoms with Crippen LogP contribution in [0.5, 0.6) is 0 Å². The number of fused-ring (bicyclic) bond motifs is 1. The number of ketones is 2. The van der Waals surface area contributed by atoms with Crippen LogP contribution in [0.2, 0.25) is 0 Å².